The molecule has 0 aromatic heterocycles. The molecule has 1 atom stereocenters. The number of nitrogens with one attached hydrogen (secondary N) is 1. The van der Waals surface area contributed by atoms with E-state index in [1.807, 2.05) is 63.2 Å². The Labute approximate surface area is 162 Å². The number of benzene rings is 2. The highest BCUT2D eigenvalue weighted by molar-refractivity contribution is 5.88. The van der Waals surface area contributed by atoms with Gasteiger partial charge in [0.25, 0.3) is 0 Å². The van der Waals surface area contributed by atoms with Crippen LogP contribution in [0, 0.1) is 6.92 Å². The van der Waals surface area contributed by atoms with Crippen molar-refractivity contribution in [2.24, 2.45) is 0 Å². The molecule has 2 aromatic rings. The highest BCUT2D eigenvalue weighted by Crippen LogP contribution is 2.14. The molecule has 2 aromatic carbocycles. The first kappa shape index (κ1) is 20.7. The topological polar surface area (TPSA) is 49.4 Å². The third-order valence-electron chi connectivity index (χ3n) is 4.82. The van der Waals surface area contributed by atoms with Crippen LogP contribution < -0.4 is 5.32 Å². The maximum atomic E-state index is 13.1. The van der Waals surface area contributed by atoms with Gasteiger partial charge in [0.2, 0.25) is 11.8 Å². The van der Waals surface area contributed by atoms with Gasteiger partial charge in [0, 0.05) is 13.1 Å². The average Bonchev–Trinajstić information content (AvgIpc) is 2.67. The second kappa shape index (κ2) is 10.5. The van der Waals surface area contributed by atoms with Crippen molar-refractivity contribution < 1.29 is 9.59 Å². The Hall–Kier alpha value is -2.62. The normalized spacial score (nSPS) is 11.7. The summed E-state index contributed by atoms with van der Waals surface area (Å²) in [6.45, 7) is 6.96. The summed E-state index contributed by atoms with van der Waals surface area (Å²) in [5.74, 6) is -0.0791. The molecule has 0 aliphatic carbocycles. The van der Waals surface area contributed by atoms with Gasteiger partial charge >= 0.3 is 0 Å². The Morgan fingerprint density at radius 1 is 1.00 bits per heavy atom. The van der Waals surface area contributed by atoms with E-state index >= 15 is 0 Å². The zero-order valence-corrected chi connectivity index (χ0v) is 16.6. The van der Waals surface area contributed by atoms with E-state index in [0.29, 0.717) is 25.9 Å². The fourth-order valence-electron chi connectivity index (χ4n) is 3.26. The van der Waals surface area contributed by atoms with Crippen LogP contribution >= 0.6 is 0 Å². The first-order valence-corrected chi connectivity index (χ1v) is 9.72. The maximum absolute atomic E-state index is 13.1. The number of aryl methyl sites for hydroxylation is 1. The van der Waals surface area contributed by atoms with Crippen molar-refractivity contribution in [2.45, 2.75) is 46.1 Å². The Kier molecular flexibility index (Phi) is 8.05. The SMILES string of the molecule is CCNC(=O)C(CC)N(CCc1ccccc1)C(=O)Cc1ccccc1C. The lowest BCUT2D eigenvalue weighted by Gasteiger charge is -2.30. The van der Waals surface area contributed by atoms with Crippen LogP contribution in [-0.4, -0.2) is 35.8 Å². The molecule has 0 bridgehead atoms. The number of carbonyl (C=O) groups is 2. The van der Waals surface area contributed by atoms with Gasteiger partial charge in [0.1, 0.15) is 6.04 Å². The molecule has 144 valence electrons. The number of hydrogen-bond acceptors (Lipinski definition) is 2. The summed E-state index contributed by atoms with van der Waals surface area (Å²) in [4.78, 5) is 27.4. The van der Waals surface area contributed by atoms with Crippen LogP contribution in [0.2, 0.25) is 0 Å². The lowest BCUT2D eigenvalue weighted by atomic mass is 10.0. The predicted octanol–water partition coefficient (Wildman–Crippen LogP) is 3.52. The Morgan fingerprint density at radius 3 is 2.30 bits per heavy atom. The summed E-state index contributed by atoms with van der Waals surface area (Å²) < 4.78 is 0. The minimum atomic E-state index is -0.440. The van der Waals surface area contributed by atoms with Crippen molar-refractivity contribution in [3.63, 3.8) is 0 Å². The summed E-state index contributed by atoms with van der Waals surface area (Å²) in [6, 6.07) is 17.6. The molecular weight excluding hydrogens is 336 g/mol. The van der Waals surface area contributed by atoms with Gasteiger partial charge in [-0.3, -0.25) is 9.59 Å². The maximum Gasteiger partial charge on any atom is 0.242 e. The fourth-order valence-corrected chi connectivity index (χ4v) is 3.26. The van der Waals surface area contributed by atoms with Crippen LogP contribution in [0.1, 0.15) is 37.0 Å². The molecule has 2 amide bonds. The van der Waals surface area contributed by atoms with Gasteiger partial charge in [-0.1, -0.05) is 61.5 Å². The van der Waals surface area contributed by atoms with E-state index in [-0.39, 0.29) is 11.8 Å². The van der Waals surface area contributed by atoms with Crippen molar-refractivity contribution in [1.29, 1.82) is 0 Å². The minimum absolute atomic E-state index is 0.00154. The first-order valence-electron chi connectivity index (χ1n) is 9.72. The highest BCUT2D eigenvalue weighted by Gasteiger charge is 2.28. The van der Waals surface area contributed by atoms with Crippen molar-refractivity contribution in [3.05, 3.63) is 71.3 Å². The Morgan fingerprint density at radius 2 is 1.67 bits per heavy atom. The first-order chi connectivity index (χ1) is 13.1. The van der Waals surface area contributed by atoms with Crippen molar-refractivity contribution in [2.75, 3.05) is 13.1 Å². The summed E-state index contributed by atoms with van der Waals surface area (Å²) in [7, 11) is 0. The van der Waals surface area contributed by atoms with Crippen LogP contribution in [-0.2, 0) is 22.4 Å². The molecule has 0 heterocycles. The predicted molar refractivity (Wildman–Crippen MR) is 110 cm³/mol. The van der Waals surface area contributed by atoms with E-state index in [0.717, 1.165) is 23.1 Å². The Balaban J connectivity index is 2.20. The zero-order valence-electron chi connectivity index (χ0n) is 16.6. The smallest absolute Gasteiger partial charge is 0.242 e. The highest BCUT2D eigenvalue weighted by atomic mass is 16.2. The number of nitrogens with zero attached hydrogens (tertiary/aromatic N) is 1. The Bertz CT molecular complexity index is 743. The summed E-state index contributed by atoms with van der Waals surface area (Å²) >= 11 is 0. The number of rotatable bonds is 9. The van der Waals surface area contributed by atoms with Gasteiger partial charge in [-0.05, 0) is 43.4 Å². The molecule has 0 aliphatic rings. The lowest BCUT2D eigenvalue weighted by Crippen LogP contribution is -2.50. The van der Waals surface area contributed by atoms with Crippen LogP contribution in [0.5, 0.6) is 0 Å². The minimum Gasteiger partial charge on any atom is -0.355 e. The molecule has 1 unspecified atom stereocenters. The van der Waals surface area contributed by atoms with Crippen LogP contribution in [0.15, 0.2) is 54.6 Å². The second-order valence-corrected chi connectivity index (χ2v) is 6.74. The molecule has 27 heavy (non-hydrogen) atoms. The number of amides is 2. The van der Waals surface area contributed by atoms with Gasteiger partial charge in [-0.25, -0.2) is 0 Å². The van der Waals surface area contributed by atoms with Crippen molar-refractivity contribution in [3.8, 4) is 0 Å². The molecule has 4 heteroatoms. The third-order valence-corrected chi connectivity index (χ3v) is 4.82. The van der Waals surface area contributed by atoms with Crippen molar-refractivity contribution >= 4 is 11.8 Å². The molecule has 0 fully saturated rings. The molecule has 0 radical (unpaired) electrons. The second-order valence-electron chi connectivity index (χ2n) is 6.74. The lowest BCUT2D eigenvalue weighted by molar-refractivity contribution is -0.140. The van der Waals surface area contributed by atoms with Crippen LogP contribution in [0.4, 0.5) is 0 Å². The molecule has 2 rings (SSSR count). The largest absolute Gasteiger partial charge is 0.355 e. The molecule has 0 aliphatic heterocycles. The van der Waals surface area contributed by atoms with Gasteiger partial charge in [-0.2, -0.15) is 0 Å². The molecular formula is C23H30N2O2. The van der Waals surface area contributed by atoms with Gasteiger partial charge in [0.15, 0.2) is 0 Å². The number of hydrogen-bond donors (Lipinski definition) is 1. The average molecular weight is 367 g/mol. The van der Waals surface area contributed by atoms with E-state index in [1.54, 1.807) is 4.90 Å². The quantitative estimate of drug-likeness (QED) is 0.738. The van der Waals surface area contributed by atoms with E-state index in [2.05, 4.69) is 17.4 Å². The monoisotopic (exact) mass is 366 g/mol. The van der Waals surface area contributed by atoms with E-state index < -0.39 is 6.04 Å². The van der Waals surface area contributed by atoms with E-state index in [9.17, 15) is 9.59 Å². The van der Waals surface area contributed by atoms with Crippen LogP contribution in [0.3, 0.4) is 0 Å². The summed E-state index contributed by atoms with van der Waals surface area (Å²) in [5.41, 5.74) is 3.27. The third kappa shape index (κ3) is 5.95. The molecule has 0 spiro atoms. The molecule has 0 saturated carbocycles. The standard InChI is InChI=1S/C23H30N2O2/c1-4-21(23(27)24-5-2)25(16-15-19-12-7-6-8-13-19)22(26)17-20-14-10-9-11-18(20)3/h6-14,21H,4-5,15-17H2,1-3H3,(H,24,27). The summed E-state index contributed by atoms with van der Waals surface area (Å²) in [5, 5.41) is 2.87. The van der Waals surface area contributed by atoms with E-state index in [1.165, 1.54) is 0 Å². The van der Waals surface area contributed by atoms with Gasteiger partial charge in [0.05, 0.1) is 6.42 Å². The van der Waals surface area contributed by atoms with Crippen molar-refractivity contribution in [1.82, 2.24) is 10.2 Å². The molecule has 1 N–H and O–H groups in total. The zero-order chi connectivity index (χ0) is 19.6. The molecule has 4 nitrogen and oxygen atoms in total. The van der Waals surface area contributed by atoms with Crippen LogP contribution in [0.25, 0.3) is 0 Å². The number of carbonyl (C=O) groups excluding carboxylic acids is 2. The summed E-state index contributed by atoms with van der Waals surface area (Å²) in [6.07, 6.45) is 1.65. The van der Waals surface area contributed by atoms with Gasteiger partial charge in [-0.15, -0.1) is 0 Å². The fraction of sp³-hybridized carbons (Fsp3) is 0.391. The van der Waals surface area contributed by atoms with Gasteiger partial charge < -0.3 is 10.2 Å². The molecule has 0 saturated heterocycles. The number of likely N-dealkylation sites (N-methyl/N-ethyl adjacent to an activating group) is 1. The van der Waals surface area contributed by atoms with E-state index in [4.69, 9.17) is 0 Å².